The Morgan fingerprint density at radius 1 is 1.07 bits per heavy atom. The zero-order chi connectivity index (χ0) is 18.6. The van der Waals surface area contributed by atoms with Crippen LogP contribution in [0.15, 0.2) is 72.6 Å². The summed E-state index contributed by atoms with van der Waals surface area (Å²) in [6.07, 6.45) is 5.10. The minimum absolute atomic E-state index is 0.202. The monoisotopic (exact) mass is 378 g/mol. The topological polar surface area (TPSA) is 60.5 Å². The van der Waals surface area contributed by atoms with Gasteiger partial charge in [-0.2, -0.15) is 0 Å². The number of pyridine rings is 1. The van der Waals surface area contributed by atoms with Crippen molar-refractivity contribution in [3.05, 3.63) is 83.2 Å². The molecule has 1 N–H and O–H groups in total. The molecule has 1 aromatic heterocycles. The lowest BCUT2D eigenvalue weighted by molar-refractivity contribution is -0.113. The molecule has 0 saturated carbocycles. The van der Waals surface area contributed by atoms with E-state index in [0.717, 1.165) is 5.56 Å². The number of hydrogen-bond donors (Lipinski definition) is 1. The number of rotatable bonds is 4. The van der Waals surface area contributed by atoms with E-state index in [9.17, 15) is 4.79 Å². The lowest BCUT2D eigenvalue weighted by Crippen LogP contribution is -2.21. The molecule has 1 aliphatic heterocycles. The molecule has 0 unspecified atom stereocenters. The van der Waals surface area contributed by atoms with Crippen LogP contribution in [0.25, 0.3) is 6.08 Å². The third-order valence-corrected chi connectivity index (χ3v) is 4.19. The Bertz CT molecular complexity index is 1020. The van der Waals surface area contributed by atoms with Crippen LogP contribution >= 0.6 is 11.6 Å². The van der Waals surface area contributed by atoms with Crippen LogP contribution in [0.3, 0.4) is 0 Å². The molecule has 4 rings (SSSR count). The predicted molar refractivity (Wildman–Crippen MR) is 104 cm³/mol. The molecule has 0 aliphatic carbocycles. The Hall–Kier alpha value is -3.31. The third-order valence-electron chi connectivity index (χ3n) is 3.95. The molecule has 134 valence electrons. The standard InChI is InChI=1S/C21H15ClN2O3/c22-16-4-5-20-14(11-16)10-15(13-26-20)21(25)24-17-2-1-3-19(12-17)27-18-6-8-23-9-7-18/h1-12H,13H2,(H,24,25). The third kappa shape index (κ3) is 4.10. The van der Waals surface area contributed by atoms with Gasteiger partial charge in [-0.3, -0.25) is 9.78 Å². The van der Waals surface area contributed by atoms with Gasteiger partial charge in [-0.15, -0.1) is 0 Å². The van der Waals surface area contributed by atoms with E-state index in [0.29, 0.717) is 33.5 Å². The van der Waals surface area contributed by atoms with E-state index in [1.807, 2.05) is 12.1 Å². The normalized spacial score (nSPS) is 12.4. The Labute approximate surface area is 161 Å². The van der Waals surface area contributed by atoms with Crippen molar-refractivity contribution in [3.8, 4) is 17.2 Å². The summed E-state index contributed by atoms with van der Waals surface area (Å²) in [7, 11) is 0. The number of hydrogen-bond acceptors (Lipinski definition) is 4. The van der Waals surface area contributed by atoms with Gasteiger partial charge < -0.3 is 14.8 Å². The maximum Gasteiger partial charge on any atom is 0.255 e. The smallest absolute Gasteiger partial charge is 0.255 e. The van der Waals surface area contributed by atoms with E-state index in [4.69, 9.17) is 21.1 Å². The molecule has 27 heavy (non-hydrogen) atoms. The van der Waals surface area contributed by atoms with Crippen molar-refractivity contribution in [2.75, 3.05) is 11.9 Å². The zero-order valence-electron chi connectivity index (χ0n) is 14.2. The molecule has 0 saturated heterocycles. The molecule has 3 aromatic rings. The first kappa shape index (κ1) is 17.1. The van der Waals surface area contributed by atoms with Gasteiger partial charge in [-0.05, 0) is 48.5 Å². The number of halogens is 1. The minimum Gasteiger partial charge on any atom is -0.488 e. The van der Waals surface area contributed by atoms with Crippen LogP contribution in [0.2, 0.25) is 5.02 Å². The van der Waals surface area contributed by atoms with Crippen molar-refractivity contribution in [1.82, 2.24) is 4.98 Å². The molecule has 0 atom stereocenters. The highest BCUT2D eigenvalue weighted by Gasteiger charge is 2.17. The summed E-state index contributed by atoms with van der Waals surface area (Å²) < 4.78 is 11.4. The largest absolute Gasteiger partial charge is 0.488 e. The van der Waals surface area contributed by atoms with Gasteiger partial charge in [0.25, 0.3) is 5.91 Å². The van der Waals surface area contributed by atoms with Crippen molar-refractivity contribution in [2.45, 2.75) is 0 Å². The van der Waals surface area contributed by atoms with Crippen molar-refractivity contribution in [1.29, 1.82) is 0 Å². The molecule has 0 spiro atoms. The number of amides is 1. The van der Waals surface area contributed by atoms with Gasteiger partial charge in [0.05, 0.1) is 5.57 Å². The second-order valence-electron chi connectivity index (χ2n) is 5.91. The first-order valence-corrected chi connectivity index (χ1v) is 8.67. The lowest BCUT2D eigenvalue weighted by Gasteiger charge is -2.18. The first-order valence-electron chi connectivity index (χ1n) is 8.29. The SMILES string of the molecule is O=C(Nc1cccc(Oc2ccncc2)c1)C1=Cc2cc(Cl)ccc2OC1. The summed E-state index contributed by atoms with van der Waals surface area (Å²) in [4.78, 5) is 16.5. The van der Waals surface area contributed by atoms with Crippen molar-refractivity contribution < 1.29 is 14.3 Å². The van der Waals surface area contributed by atoms with Crippen LogP contribution < -0.4 is 14.8 Å². The van der Waals surface area contributed by atoms with Crippen LogP contribution in [0.5, 0.6) is 17.2 Å². The predicted octanol–water partition coefficient (Wildman–Crippen LogP) is 4.94. The Kier molecular flexibility index (Phi) is 4.77. The lowest BCUT2D eigenvalue weighted by atomic mass is 10.1. The Morgan fingerprint density at radius 2 is 1.93 bits per heavy atom. The minimum atomic E-state index is -0.235. The van der Waals surface area contributed by atoms with E-state index >= 15 is 0 Å². The second kappa shape index (κ2) is 7.51. The van der Waals surface area contributed by atoms with Crippen molar-refractivity contribution in [3.63, 3.8) is 0 Å². The summed E-state index contributed by atoms with van der Waals surface area (Å²) in [5.41, 5.74) is 1.93. The van der Waals surface area contributed by atoms with E-state index in [1.165, 1.54) is 0 Å². The summed E-state index contributed by atoms with van der Waals surface area (Å²) in [6, 6.07) is 16.0. The summed E-state index contributed by atoms with van der Waals surface area (Å²) >= 11 is 6.01. The summed E-state index contributed by atoms with van der Waals surface area (Å²) in [5, 5.41) is 3.46. The number of carbonyl (C=O) groups excluding carboxylic acids is 1. The van der Waals surface area contributed by atoms with Crippen LogP contribution in [-0.2, 0) is 4.79 Å². The molecule has 0 bridgehead atoms. The molecule has 1 amide bonds. The molecule has 5 nitrogen and oxygen atoms in total. The van der Waals surface area contributed by atoms with Crippen LogP contribution in [0.1, 0.15) is 5.56 Å². The summed E-state index contributed by atoms with van der Waals surface area (Å²) in [5.74, 6) is 1.76. The second-order valence-corrected chi connectivity index (χ2v) is 6.34. The molecule has 0 radical (unpaired) electrons. The van der Waals surface area contributed by atoms with Gasteiger partial charge in [0.15, 0.2) is 0 Å². The van der Waals surface area contributed by atoms with E-state index < -0.39 is 0 Å². The van der Waals surface area contributed by atoms with Crippen LogP contribution in [-0.4, -0.2) is 17.5 Å². The van der Waals surface area contributed by atoms with Gasteiger partial charge in [0.2, 0.25) is 0 Å². The number of nitrogens with zero attached hydrogens (tertiary/aromatic N) is 1. The highest BCUT2D eigenvalue weighted by Crippen LogP contribution is 2.30. The average Bonchev–Trinajstić information content (AvgIpc) is 2.68. The fourth-order valence-corrected chi connectivity index (χ4v) is 2.85. The maximum atomic E-state index is 12.6. The molecule has 2 heterocycles. The Balaban J connectivity index is 1.49. The van der Waals surface area contributed by atoms with Crippen LogP contribution in [0.4, 0.5) is 5.69 Å². The molecule has 6 heteroatoms. The summed E-state index contributed by atoms with van der Waals surface area (Å²) in [6.45, 7) is 0.202. The van der Waals surface area contributed by atoms with E-state index in [-0.39, 0.29) is 12.5 Å². The number of carbonyl (C=O) groups is 1. The zero-order valence-corrected chi connectivity index (χ0v) is 14.9. The highest BCUT2D eigenvalue weighted by atomic mass is 35.5. The quantitative estimate of drug-likeness (QED) is 0.698. The number of anilines is 1. The molecule has 2 aromatic carbocycles. The Morgan fingerprint density at radius 3 is 2.78 bits per heavy atom. The maximum absolute atomic E-state index is 12.6. The molecule has 0 fully saturated rings. The average molecular weight is 379 g/mol. The van der Waals surface area contributed by atoms with Gasteiger partial charge in [-0.25, -0.2) is 0 Å². The number of nitrogens with one attached hydrogen (secondary N) is 1. The van der Waals surface area contributed by atoms with E-state index in [2.05, 4.69) is 10.3 Å². The van der Waals surface area contributed by atoms with Gasteiger partial charge in [0.1, 0.15) is 23.9 Å². The number of benzene rings is 2. The number of fused-ring (bicyclic) bond motifs is 1. The van der Waals surface area contributed by atoms with Gasteiger partial charge >= 0.3 is 0 Å². The molecular weight excluding hydrogens is 364 g/mol. The van der Waals surface area contributed by atoms with Crippen LogP contribution in [0, 0.1) is 0 Å². The molecule has 1 aliphatic rings. The van der Waals surface area contributed by atoms with Gasteiger partial charge in [-0.1, -0.05) is 17.7 Å². The van der Waals surface area contributed by atoms with Crippen molar-refractivity contribution >= 4 is 29.3 Å². The molecular formula is C21H15ClN2O3. The number of ether oxygens (including phenoxy) is 2. The van der Waals surface area contributed by atoms with Gasteiger partial charge in [0, 0.05) is 34.7 Å². The highest BCUT2D eigenvalue weighted by molar-refractivity contribution is 6.30. The van der Waals surface area contributed by atoms with E-state index in [1.54, 1.807) is 60.9 Å². The van der Waals surface area contributed by atoms with Crippen molar-refractivity contribution in [2.24, 2.45) is 0 Å². The fraction of sp³-hybridized carbons (Fsp3) is 0.0476. The first-order chi connectivity index (χ1) is 13.2. The number of aromatic nitrogens is 1. The fourth-order valence-electron chi connectivity index (χ4n) is 2.67.